The molecule has 1 amide bonds. The van der Waals surface area contributed by atoms with Gasteiger partial charge in [-0.1, -0.05) is 25.4 Å². The maximum atomic E-state index is 12.7. The van der Waals surface area contributed by atoms with E-state index in [9.17, 15) is 4.79 Å². The Morgan fingerprint density at radius 3 is 2.55 bits per heavy atom. The molecule has 3 nitrogen and oxygen atoms in total. The van der Waals surface area contributed by atoms with Crippen LogP contribution < -0.4 is 0 Å². The van der Waals surface area contributed by atoms with Gasteiger partial charge in [-0.3, -0.25) is 4.79 Å². The molecular weight excluding hydrogens is 292 g/mol. The van der Waals surface area contributed by atoms with Gasteiger partial charge in [0.2, 0.25) is 0 Å². The van der Waals surface area contributed by atoms with Gasteiger partial charge in [0.25, 0.3) is 5.91 Å². The van der Waals surface area contributed by atoms with Crippen molar-refractivity contribution in [2.45, 2.75) is 20.3 Å². The number of nitrogens with zero attached hydrogens (tertiary/aromatic N) is 2. The van der Waals surface area contributed by atoms with Crippen LogP contribution in [-0.4, -0.2) is 28.5 Å². The molecule has 0 saturated carbocycles. The second-order valence-electron chi connectivity index (χ2n) is 6.04. The monoisotopic (exact) mass is 310 g/mol. The molecule has 108 valence electrons. The molecule has 5 heteroatoms. The van der Waals surface area contributed by atoms with Crippen molar-refractivity contribution in [2.75, 3.05) is 13.1 Å². The predicted molar refractivity (Wildman–Crippen MR) is 84.7 cm³/mol. The van der Waals surface area contributed by atoms with Crippen LogP contribution in [0.25, 0.3) is 10.2 Å². The quantitative estimate of drug-likeness (QED) is 0.781. The number of likely N-dealkylation sites (tertiary alicyclic amines) is 1. The SMILES string of the molecule is CC1CC(C)CN(C(=O)c2cc3sc(Cl)cc3n2C)C1. The third-order valence-electron chi connectivity index (χ3n) is 4.08. The number of aryl methyl sites for hydroxylation is 1. The highest BCUT2D eigenvalue weighted by molar-refractivity contribution is 7.22. The molecule has 3 rings (SSSR count). The molecule has 2 aromatic heterocycles. The van der Waals surface area contributed by atoms with E-state index in [0.717, 1.165) is 33.3 Å². The van der Waals surface area contributed by atoms with Crippen LogP contribution in [0.4, 0.5) is 0 Å². The number of fused-ring (bicyclic) bond motifs is 1. The molecule has 0 aromatic carbocycles. The van der Waals surface area contributed by atoms with Gasteiger partial charge in [0, 0.05) is 20.1 Å². The fourth-order valence-electron chi connectivity index (χ4n) is 3.28. The highest BCUT2D eigenvalue weighted by atomic mass is 35.5. The third-order valence-corrected chi connectivity index (χ3v) is 5.28. The van der Waals surface area contributed by atoms with Gasteiger partial charge in [-0.05, 0) is 30.4 Å². The maximum Gasteiger partial charge on any atom is 0.270 e. The predicted octanol–water partition coefficient (Wildman–Crippen LogP) is 4.01. The molecule has 1 aliphatic heterocycles. The summed E-state index contributed by atoms with van der Waals surface area (Å²) in [4.78, 5) is 14.7. The molecule has 2 aromatic rings. The molecule has 1 saturated heterocycles. The van der Waals surface area contributed by atoms with E-state index in [1.807, 2.05) is 28.6 Å². The number of aromatic nitrogens is 1. The van der Waals surface area contributed by atoms with Crippen LogP contribution in [0, 0.1) is 11.8 Å². The molecule has 1 aliphatic rings. The van der Waals surface area contributed by atoms with Gasteiger partial charge in [0.05, 0.1) is 14.6 Å². The Labute approximate surface area is 128 Å². The second-order valence-corrected chi connectivity index (χ2v) is 7.76. The molecule has 0 radical (unpaired) electrons. The summed E-state index contributed by atoms with van der Waals surface area (Å²) in [6.45, 7) is 6.17. The van der Waals surface area contributed by atoms with Gasteiger partial charge in [-0.15, -0.1) is 11.3 Å². The van der Waals surface area contributed by atoms with Crippen LogP contribution in [0.3, 0.4) is 0 Å². The van der Waals surface area contributed by atoms with E-state index in [1.54, 1.807) is 0 Å². The molecule has 2 atom stereocenters. The Kier molecular flexibility index (Phi) is 3.55. The van der Waals surface area contributed by atoms with Gasteiger partial charge in [-0.2, -0.15) is 0 Å². The number of piperidine rings is 1. The first-order valence-electron chi connectivity index (χ1n) is 6.99. The van der Waals surface area contributed by atoms with E-state index in [-0.39, 0.29) is 5.91 Å². The summed E-state index contributed by atoms with van der Waals surface area (Å²) in [7, 11) is 1.94. The Bertz CT molecular complexity index is 650. The zero-order chi connectivity index (χ0) is 14.4. The fourth-order valence-corrected chi connectivity index (χ4v) is 4.48. The van der Waals surface area contributed by atoms with E-state index in [0.29, 0.717) is 11.8 Å². The first-order chi connectivity index (χ1) is 9.45. The van der Waals surface area contributed by atoms with Crippen molar-refractivity contribution in [2.24, 2.45) is 18.9 Å². The maximum absolute atomic E-state index is 12.7. The van der Waals surface area contributed by atoms with E-state index in [4.69, 9.17) is 11.6 Å². The van der Waals surface area contributed by atoms with Crippen molar-refractivity contribution in [3.8, 4) is 0 Å². The van der Waals surface area contributed by atoms with Crippen LogP contribution in [0.1, 0.15) is 30.8 Å². The molecule has 0 spiro atoms. The molecule has 0 bridgehead atoms. The zero-order valence-electron chi connectivity index (χ0n) is 12.0. The highest BCUT2D eigenvalue weighted by Crippen LogP contribution is 2.32. The van der Waals surface area contributed by atoms with Crippen LogP contribution in [0.2, 0.25) is 4.34 Å². The van der Waals surface area contributed by atoms with Gasteiger partial charge in [0.1, 0.15) is 5.69 Å². The average molecular weight is 311 g/mol. The van der Waals surface area contributed by atoms with Crippen molar-refractivity contribution in [1.29, 1.82) is 0 Å². The Hall–Kier alpha value is -1.00. The fraction of sp³-hybridized carbons (Fsp3) is 0.533. The smallest absolute Gasteiger partial charge is 0.270 e. The number of halogens is 1. The first-order valence-corrected chi connectivity index (χ1v) is 8.19. The molecule has 3 heterocycles. The number of hydrogen-bond acceptors (Lipinski definition) is 2. The summed E-state index contributed by atoms with van der Waals surface area (Å²) in [6.07, 6.45) is 1.21. The number of carbonyl (C=O) groups is 1. The molecule has 2 unspecified atom stereocenters. The van der Waals surface area contributed by atoms with Gasteiger partial charge >= 0.3 is 0 Å². The van der Waals surface area contributed by atoms with Crippen molar-refractivity contribution >= 4 is 39.1 Å². The van der Waals surface area contributed by atoms with Crippen molar-refractivity contribution < 1.29 is 4.79 Å². The van der Waals surface area contributed by atoms with E-state index in [1.165, 1.54) is 17.8 Å². The minimum atomic E-state index is 0.144. The summed E-state index contributed by atoms with van der Waals surface area (Å²) >= 11 is 7.55. The summed E-state index contributed by atoms with van der Waals surface area (Å²) in [5, 5.41) is 0. The Morgan fingerprint density at radius 2 is 1.95 bits per heavy atom. The second kappa shape index (κ2) is 5.08. The summed E-state index contributed by atoms with van der Waals surface area (Å²) in [6, 6.07) is 3.90. The third kappa shape index (κ3) is 2.35. The Balaban J connectivity index is 1.92. The molecule has 20 heavy (non-hydrogen) atoms. The lowest BCUT2D eigenvalue weighted by Gasteiger charge is -2.35. The van der Waals surface area contributed by atoms with Crippen LogP contribution in [0.5, 0.6) is 0 Å². The molecule has 0 N–H and O–H groups in total. The van der Waals surface area contributed by atoms with Crippen molar-refractivity contribution in [3.05, 3.63) is 22.2 Å². The van der Waals surface area contributed by atoms with Gasteiger partial charge in [-0.25, -0.2) is 0 Å². The van der Waals surface area contributed by atoms with E-state index >= 15 is 0 Å². The van der Waals surface area contributed by atoms with Crippen LogP contribution in [0.15, 0.2) is 12.1 Å². The molecule has 1 fully saturated rings. The first kappa shape index (κ1) is 14.0. The number of amides is 1. The topological polar surface area (TPSA) is 25.2 Å². The number of rotatable bonds is 1. The largest absolute Gasteiger partial charge is 0.339 e. The molecular formula is C15H19ClN2OS. The van der Waals surface area contributed by atoms with E-state index in [2.05, 4.69) is 13.8 Å². The minimum absolute atomic E-state index is 0.144. The Morgan fingerprint density at radius 1 is 1.30 bits per heavy atom. The standard InChI is InChI=1S/C15H19ClN2OS/c1-9-4-10(2)8-18(7-9)15(19)12-5-13-11(17(12)3)6-14(16)20-13/h5-6,9-10H,4,7-8H2,1-3H3. The minimum Gasteiger partial charge on any atom is -0.339 e. The van der Waals surface area contributed by atoms with Crippen LogP contribution >= 0.6 is 22.9 Å². The number of thiophene rings is 1. The average Bonchev–Trinajstić information content (AvgIpc) is 2.86. The lowest BCUT2D eigenvalue weighted by molar-refractivity contribution is 0.0614. The summed E-state index contributed by atoms with van der Waals surface area (Å²) in [5.41, 5.74) is 1.81. The van der Waals surface area contributed by atoms with Crippen LogP contribution in [-0.2, 0) is 7.05 Å². The van der Waals surface area contributed by atoms with Gasteiger partial charge in [0.15, 0.2) is 0 Å². The van der Waals surface area contributed by atoms with Crippen molar-refractivity contribution in [1.82, 2.24) is 9.47 Å². The number of hydrogen-bond donors (Lipinski definition) is 0. The van der Waals surface area contributed by atoms with Gasteiger partial charge < -0.3 is 9.47 Å². The highest BCUT2D eigenvalue weighted by Gasteiger charge is 2.28. The normalized spacial score (nSPS) is 23.5. The zero-order valence-corrected chi connectivity index (χ0v) is 13.6. The van der Waals surface area contributed by atoms with E-state index < -0.39 is 0 Å². The van der Waals surface area contributed by atoms with Crippen molar-refractivity contribution in [3.63, 3.8) is 0 Å². The lowest BCUT2D eigenvalue weighted by Crippen LogP contribution is -2.43. The lowest BCUT2D eigenvalue weighted by atomic mass is 9.92. The molecule has 0 aliphatic carbocycles. The number of carbonyl (C=O) groups excluding carboxylic acids is 1. The summed E-state index contributed by atoms with van der Waals surface area (Å²) in [5.74, 6) is 1.31. The summed E-state index contributed by atoms with van der Waals surface area (Å²) < 4.78 is 3.81.